The second-order valence-corrected chi connectivity index (χ2v) is 8.78. The molecule has 4 heterocycles. The smallest absolute Gasteiger partial charge is 0.253 e. The van der Waals surface area contributed by atoms with Gasteiger partial charge in [0.25, 0.3) is 5.56 Å². The van der Waals surface area contributed by atoms with Gasteiger partial charge >= 0.3 is 0 Å². The highest BCUT2D eigenvalue weighted by molar-refractivity contribution is 5.36. The van der Waals surface area contributed by atoms with E-state index in [4.69, 9.17) is 0 Å². The summed E-state index contributed by atoms with van der Waals surface area (Å²) in [6, 6.07) is 7.64. The Balaban J connectivity index is 1.35. The first-order valence-corrected chi connectivity index (χ1v) is 9.98. The normalized spacial score (nSPS) is 16.7. The predicted octanol–water partition coefficient (Wildman–Crippen LogP) is 2.50. The minimum absolute atomic E-state index is 0.0530. The minimum atomic E-state index is -0.102. The second-order valence-electron chi connectivity index (χ2n) is 8.78. The Labute approximate surface area is 165 Å². The number of piperidine rings is 1. The fourth-order valence-electron chi connectivity index (χ4n) is 3.78. The Kier molecular flexibility index (Phi) is 5.02. The predicted molar refractivity (Wildman–Crippen MR) is 108 cm³/mol. The summed E-state index contributed by atoms with van der Waals surface area (Å²) in [4.78, 5) is 19.4. The first-order chi connectivity index (χ1) is 13.4. The molecule has 28 heavy (non-hydrogen) atoms. The van der Waals surface area contributed by atoms with E-state index in [-0.39, 0.29) is 11.0 Å². The van der Waals surface area contributed by atoms with Gasteiger partial charge in [0, 0.05) is 24.2 Å². The number of hydrogen-bond acceptors (Lipinski definition) is 5. The van der Waals surface area contributed by atoms with Crippen LogP contribution in [0, 0.1) is 5.92 Å². The molecule has 148 valence electrons. The number of aromatic nitrogens is 5. The van der Waals surface area contributed by atoms with Crippen LogP contribution in [-0.2, 0) is 18.5 Å². The lowest BCUT2D eigenvalue weighted by Gasteiger charge is -2.31. The van der Waals surface area contributed by atoms with Crippen LogP contribution in [-0.4, -0.2) is 42.1 Å². The van der Waals surface area contributed by atoms with Gasteiger partial charge in [-0.3, -0.25) is 18.7 Å². The van der Waals surface area contributed by atoms with Crippen molar-refractivity contribution in [3.8, 4) is 0 Å². The van der Waals surface area contributed by atoms with Crippen molar-refractivity contribution < 1.29 is 0 Å². The first kappa shape index (κ1) is 18.8. The highest BCUT2D eigenvalue weighted by Crippen LogP contribution is 2.21. The molecule has 1 aliphatic heterocycles. The molecule has 0 aromatic carbocycles. The molecule has 0 N–H and O–H groups in total. The molecule has 0 radical (unpaired) electrons. The number of fused-ring (bicyclic) bond motifs is 1. The second kappa shape index (κ2) is 7.47. The molecule has 0 amide bonds. The van der Waals surface area contributed by atoms with Gasteiger partial charge in [-0.15, -0.1) is 10.2 Å². The lowest BCUT2D eigenvalue weighted by molar-refractivity contribution is 0.162. The van der Waals surface area contributed by atoms with Gasteiger partial charge in [0.2, 0.25) is 0 Å². The maximum atomic E-state index is 12.5. The number of rotatable bonds is 4. The van der Waals surface area contributed by atoms with Gasteiger partial charge in [0.15, 0.2) is 11.5 Å². The third kappa shape index (κ3) is 3.99. The Morgan fingerprint density at radius 3 is 2.64 bits per heavy atom. The van der Waals surface area contributed by atoms with Crippen LogP contribution in [0.2, 0.25) is 0 Å². The molecule has 0 aliphatic carbocycles. The molecule has 0 spiro atoms. The maximum Gasteiger partial charge on any atom is 0.253 e. The molecule has 0 bridgehead atoms. The maximum absolute atomic E-state index is 12.5. The number of hydrogen-bond donors (Lipinski definition) is 0. The molecule has 0 saturated carbocycles. The van der Waals surface area contributed by atoms with Crippen molar-refractivity contribution in [2.45, 2.75) is 52.1 Å². The number of pyridine rings is 1. The van der Waals surface area contributed by atoms with Gasteiger partial charge in [-0.25, -0.2) is 4.98 Å². The fourth-order valence-corrected chi connectivity index (χ4v) is 3.78. The molecule has 4 rings (SSSR count). The van der Waals surface area contributed by atoms with Gasteiger partial charge in [-0.1, -0.05) is 26.8 Å². The SMILES string of the molecule is CC(C)(C)c1cc(=O)n(CC2CCN(Cc3nnc4ccccn34)CC2)cn1. The fraction of sp³-hybridized carbons (Fsp3) is 0.524. The third-order valence-corrected chi connectivity index (χ3v) is 5.56. The summed E-state index contributed by atoms with van der Waals surface area (Å²) in [5, 5.41) is 8.56. The van der Waals surface area contributed by atoms with E-state index >= 15 is 0 Å². The van der Waals surface area contributed by atoms with E-state index in [1.165, 1.54) is 0 Å². The zero-order chi connectivity index (χ0) is 19.7. The molecule has 7 heteroatoms. The summed E-state index contributed by atoms with van der Waals surface area (Å²) in [6.45, 7) is 9.80. The average molecular weight is 380 g/mol. The Morgan fingerprint density at radius 2 is 1.93 bits per heavy atom. The van der Waals surface area contributed by atoms with Crippen LogP contribution in [0.5, 0.6) is 0 Å². The Bertz CT molecular complexity index is 1010. The van der Waals surface area contributed by atoms with Crippen molar-refractivity contribution in [2.24, 2.45) is 5.92 Å². The van der Waals surface area contributed by atoms with E-state index in [9.17, 15) is 4.79 Å². The number of nitrogens with zero attached hydrogens (tertiary/aromatic N) is 6. The summed E-state index contributed by atoms with van der Waals surface area (Å²) in [5.41, 5.74) is 1.69. The lowest BCUT2D eigenvalue weighted by atomic mass is 9.92. The van der Waals surface area contributed by atoms with Crippen LogP contribution in [0.1, 0.15) is 45.1 Å². The molecule has 1 saturated heterocycles. The van der Waals surface area contributed by atoms with Crippen molar-refractivity contribution >= 4 is 5.65 Å². The monoisotopic (exact) mass is 380 g/mol. The van der Waals surface area contributed by atoms with Crippen molar-refractivity contribution in [1.82, 2.24) is 29.0 Å². The summed E-state index contributed by atoms with van der Waals surface area (Å²) >= 11 is 0. The summed E-state index contributed by atoms with van der Waals surface area (Å²) in [7, 11) is 0. The summed E-state index contributed by atoms with van der Waals surface area (Å²) < 4.78 is 3.82. The molecular weight excluding hydrogens is 352 g/mol. The molecule has 1 fully saturated rings. The van der Waals surface area contributed by atoms with Crippen LogP contribution < -0.4 is 5.56 Å². The van der Waals surface area contributed by atoms with E-state index in [2.05, 4.69) is 40.9 Å². The van der Waals surface area contributed by atoms with Gasteiger partial charge in [-0.2, -0.15) is 0 Å². The van der Waals surface area contributed by atoms with E-state index < -0.39 is 0 Å². The van der Waals surface area contributed by atoms with Crippen LogP contribution >= 0.6 is 0 Å². The van der Waals surface area contributed by atoms with Gasteiger partial charge in [0.05, 0.1) is 18.6 Å². The van der Waals surface area contributed by atoms with E-state index in [1.807, 2.05) is 28.8 Å². The third-order valence-electron chi connectivity index (χ3n) is 5.56. The van der Waals surface area contributed by atoms with Crippen LogP contribution in [0.4, 0.5) is 0 Å². The number of likely N-dealkylation sites (tertiary alicyclic amines) is 1. The van der Waals surface area contributed by atoms with Crippen LogP contribution in [0.25, 0.3) is 5.65 Å². The molecule has 0 atom stereocenters. The standard InChI is InChI=1S/C21H28N6O/c1-21(2,3)17-12-20(28)26(15-22-17)13-16-7-10-25(11-8-16)14-19-24-23-18-6-4-5-9-27(18)19/h4-6,9,12,15-16H,7-8,10-11,13-14H2,1-3H3. The highest BCUT2D eigenvalue weighted by Gasteiger charge is 2.22. The van der Waals surface area contributed by atoms with Gasteiger partial charge in [-0.05, 0) is 44.0 Å². The topological polar surface area (TPSA) is 68.3 Å². The van der Waals surface area contributed by atoms with Crippen molar-refractivity contribution in [1.29, 1.82) is 0 Å². The van der Waals surface area contributed by atoms with Crippen LogP contribution in [0.15, 0.2) is 41.6 Å². The summed E-state index contributed by atoms with van der Waals surface area (Å²) in [6.07, 6.45) is 5.88. The zero-order valence-electron chi connectivity index (χ0n) is 16.9. The zero-order valence-corrected chi connectivity index (χ0v) is 16.9. The Morgan fingerprint density at radius 1 is 1.14 bits per heavy atom. The molecule has 3 aromatic heterocycles. The average Bonchev–Trinajstić information content (AvgIpc) is 3.07. The lowest BCUT2D eigenvalue weighted by Crippen LogP contribution is -2.36. The van der Waals surface area contributed by atoms with E-state index in [0.717, 1.165) is 56.2 Å². The van der Waals surface area contributed by atoms with Crippen molar-refractivity contribution in [3.05, 3.63) is 58.7 Å². The quantitative estimate of drug-likeness (QED) is 0.696. The van der Waals surface area contributed by atoms with E-state index in [1.54, 1.807) is 17.0 Å². The first-order valence-electron chi connectivity index (χ1n) is 9.98. The summed E-state index contributed by atoms with van der Waals surface area (Å²) in [5.74, 6) is 1.48. The van der Waals surface area contributed by atoms with E-state index in [0.29, 0.717) is 5.92 Å². The van der Waals surface area contributed by atoms with Gasteiger partial charge in [0.1, 0.15) is 0 Å². The Hall–Kier alpha value is -2.54. The van der Waals surface area contributed by atoms with Crippen LogP contribution in [0.3, 0.4) is 0 Å². The molecule has 0 unspecified atom stereocenters. The van der Waals surface area contributed by atoms with Crippen molar-refractivity contribution in [2.75, 3.05) is 13.1 Å². The molecule has 3 aromatic rings. The highest BCUT2D eigenvalue weighted by atomic mass is 16.1. The van der Waals surface area contributed by atoms with Crippen molar-refractivity contribution in [3.63, 3.8) is 0 Å². The van der Waals surface area contributed by atoms with Gasteiger partial charge < -0.3 is 0 Å². The molecular formula is C21H28N6O. The largest absolute Gasteiger partial charge is 0.299 e. The minimum Gasteiger partial charge on any atom is -0.299 e. The molecule has 1 aliphatic rings. The molecule has 7 nitrogen and oxygen atoms in total.